The molecule has 0 spiro atoms. The van der Waals surface area contributed by atoms with Crippen molar-refractivity contribution in [3.05, 3.63) is 41.8 Å². The number of benzene rings is 1. The van der Waals surface area contributed by atoms with Gasteiger partial charge in [-0.15, -0.1) is 0 Å². The molecule has 2 amide bonds. The van der Waals surface area contributed by atoms with Crippen LogP contribution >= 0.6 is 0 Å². The summed E-state index contributed by atoms with van der Waals surface area (Å²) in [6, 6.07) is 7.46. The first-order valence-electron chi connectivity index (χ1n) is 9.63. The van der Waals surface area contributed by atoms with Gasteiger partial charge in [0, 0.05) is 25.2 Å². The van der Waals surface area contributed by atoms with E-state index in [1.807, 2.05) is 49.9 Å². The van der Waals surface area contributed by atoms with Gasteiger partial charge in [-0.05, 0) is 57.7 Å². The van der Waals surface area contributed by atoms with E-state index in [9.17, 15) is 9.59 Å². The largest absolute Gasteiger partial charge is 0.444 e. The van der Waals surface area contributed by atoms with Gasteiger partial charge >= 0.3 is 6.09 Å². The van der Waals surface area contributed by atoms with Crippen molar-refractivity contribution >= 4 is 12.0 Å². The second kappa shape index (κ2) is 8.46. The molecule has 28 heavy (non-hydrogen) atoms. The van der Waals surface area contributed by atoms with Crippen molar-refractivity contribution in [2.75, 3.05) is 13.1 Å². The third-order valence-electron chi connectivity index (χ3n) is 4.40. The Labute approximate surface area is 165 Å². The van der Waals surface area contributed by atoms with Gasteiger partial charge in [-0.25, -0.2) is 9.78 Å². The minimum atomic E-state index is -0.526. The predicted octanol–water partition coefficient (Wildman–Crippen LogP) is 3.99. The maximum absolute atomic E-state index is 12.5. The number of hydrogen-bond acceptors (Lipinski definition) is 5. The van der Waals surface area contributed by atoms with Gasteiger partial charge in [0.15, 0.2) is 5.69 Å². The third kappa shape index (κ3) is 5.34. The van der Waals surface area contributed by atoms with Crippen molar-refractivity contribution in [2.45, 2.75) is 52.2 Å². The minimum absolute atomic E-state index is 0.0760. The van der Waals surface area contributed by atoms with Crippen LogP contribution in [0.4, 0.5) is 4.79 Å². The molecule has 1 aliphatic rings. The smallest absolute Gasteiger partial charge is 0.407 e. The SMILES string of the molecule is CC(C)(C)OC(=O)NCc1ccc(-c2nc(C(=O)N3CCCCC3)co2)cc1. The number of aromatic nitrogens is 1. The molecule has 2 heterocycles. The monoisotopic (exact) mass is 385 g/mol. The zero-order valence-electron chi connectivity index (χ0n) is 16.7. The molecule has 0 unspecified atom stereocenters. The number of piperidine rings is 1. The van der Waals surface area contributed by atoms with Crippen LogP contribution < -0.4 is 5.32 Å². The van der Waals surface area contributed by atoms with Gasteiger partial charge in [0.1, 0.15) is 11.9 Å². The Kier molecular flexibility index (Phi) is 6.02. The van der Waals surface area contributed by atoms with Crippen LogP contribution in [-0.4, -0.2) is 40.6 Å². The number of likely N-dealkylation sites (tertiary alicyclic amines) is 1. The van der Waals surface area contributed by atoms with Crippen LogP contribution in [0.1, 0.15) is 56.1 Å². The Morgan fingerprint density at radius 3 is 2.46 bits per heavy atom. The number of oxazole rings is 1. The first-order chi connectivity index (χ1) is 13.3. The van der Waals surface area contributed by atoms with E-state index in [1.54, 1.807) is 0 Å². The Balaban J connectivity index is 1.58. The lowest BCUT2D eigenvalue weighted by atomic mass is 10.1. The molecule has 1 aromatic heterocycles. The number of carbonyl (C=O) groups is 2. The minimum Gasteiger partial charge on any atom is -0.444 e. The highest BCUT2D eigenvalue weighted by molar-refractivity contribution is 5.92. The van der Waals surface area contributed by atoms with Crippen LogP contribution in [0.2, 0.25) is 0 Å². The number of ether oxygens (including phenoxy) is 1. The van der Waals surface area contributed by atoms with Gasteiger partial charge < -0.3 is 19.4 Å². The first-order valence-corrected chi connectivity index (χ1v) is 9.63. The average Bonchev–Trinajstić information content (AvgIpc) is 3.16. The number of hydrogen-bond donors (Lipinski definition) is 1. The van der Waals surface area contributed by atoms with Gasteiger partial charge in [-0.3, -0.25) is 4.79 Å². The van der Waals surface area contributed by atoms with Crippen molar-refractivity contribution in [3.63, 3.8) is 0 Å². The molecular weight excluding hydrogens is 358 g/mol. The normalized spacial score (nSPS) is 14.6. The van der Waals surface area contributed by atoms with Crippen LogP contribution in [0, 0.1) is 0 Å². The molecular formula is C21H27N3O4. The van der Waals surface area contributed by atoms with E-state index in [0.717, 1.165) is 37.1 Å². The highest BCUT2D eigenvalue weighted by Crippen LogP contribution is 2.21. The molecule has 7 heteroatoms. The molecule has 1 fully saturated rings. The van der Waals surface area contributed by atoms with Crippen molar-refractivity contribution in [2.24, 2.45) is 0 Å². The highest BCUT2D eigenvalue weighted by atomic mass is 16.6. The number of nitrogens with zero attached hydrogens (tertiary/aromatic N) is 2. The summed E-state index contributed by atoms with van der Waals surface area (Å²) in [5, 5.41) is 2.72. The molecule has 7 nitrogen and oxygen atoms in total. The zero-order valence-corrected chi connectivity index (χ0v) is 16.7. The van der Waals surface area contributed by atoms with Crippen molar-refractivity contribution in [1.82, 2.24) is 15.2 Å². The van der Waals surface area contributed by atoms with Crippen molar-refractivity contribution in [3.8, 4) is 11.5 Å². The Morgan fingerprint density at radius 1 is 1.14 bits per heavy atom. The highest BCUT2D eigenvalue weighted by Gasteiger charge is 2.21. The van der Waals surface area contributed by atoms with E-state index >= 15 is 0 Å². The Hall–Kier alpha value is -2.83. The van der Waals surface area contributed by atoms with E-state index in [0.29, 0.717) is 18.1 Å². The van der Waals surface area contributed by atoms with Crippen LogP contribution in [0.5, 0.6) is 0 Å². The number of alkyl carbamates (subject to hydrolysis) is 1. The molecule has 0 saturated carbocycles. The van der Waals surface area contributed by atoms with Gasteiger partial charge in [-0.1, -0.05) is 12.1 Å². The van der Waals surface area contributed by atoms with E-state index in [2.05, 4.69) is 10.3 Å². The van der Waals surface area contributed by atoms with Crippen LogP contribution in [0.15, 0.2) is 34.9 Å². The van der Waals surface area contributed by atoms with Crippen LogP contribution in [0.3, 0.4) is 0 Å². The summed E-state index contributed by atoms with van der Waals surface area (Å²) in [6.45, 7) is 7.38. The summed E-state index contributed by atoms with van der Waals surface area (Å²) in [5.41, 5.74) is 1.51. The summed E-state index contributed by atoms with van der Waals surface area (Å²) < 4.78 is 10.7. The van der Waals surface area contributed by atoms with Crippen LogP contribution in [-0.2, 0) is 11.3 Å². The van der Waals surface area contributed by atoms with Gasteiger partial charge in [0.25, 0.3) is 5.91 Å². The lowest BCUT2D eigenvalue weighted by Gasteiger charge is -2.25. The predicted molar refractivity (Wildman–Crippen MR) is 105 cm³/mol. The van der Waals surface area contributed by atoms with Gasteiger partial charge in [0.2, 0.25) is 5.89 Å². The maximum atomic E-state index is 12.5. The summed E-state index contributed by atoms with van der Waals surface area (Å²) in [4.78, 5) is 30.4. The fourth-order valence-corrected chi connectivity index (χ4v) is 3.02. The molecule has 1 aromatic carbocycles. The Bertz CT molecular complexity index is 815. The molecule has 0 aliphatic carbocycles. The van der Waals surface area contributed by atoms with Crippen LogP contribution in [0.25, 0.3) is 11.5 Å². The second-order valence-corrected chi connectivity index (χ2v) is 7.94. The van der Waals surface area contributed by atoms with Gasteiger partial charge in [-0.2, -0.15) is 0 Å². The lowest BCUT2D eigenvalue weighted by Crippen LogP contribution is -2.35. The summed E-state index contributed by atoms with van der Waals surface area (Å²) in [7, 11) is 0. The van der Waals surface area contributed by atoms with E-state index < -0.39 is 11.7 Å². The fraction of sp³-hybridized carbons (Fsp3) is 0.476. The molecule has 1 saturated heterocycles. The average molecular weight is 385 g/mol. The fourth-order valence-electron chi connectivity index (χ4n) is 3.02. The van der Waals surface area contributed by atoms with Crippen molar-refractivity contribution < 1.29 is 18.7 Å². The Morgan fingerprint density at radius 2 is 1.82 bits per heavy atom. The topological polar surface area (TPSA) is 84.7 Å². The van der Waals surface area contributed by atoms with Gasteiger partial charge in [0.05, 0.1) is 0 Å². The summed E-state index contributed by atoms with van der Waals surface area (Å²) in [6.07, 6.45) is 4.21. The first kappa shape index (κ1) is 19.9. The molecule has 0 bridgehead atoms. The molecule has 0 atom stereocenters. The van der Waals surface area contributed by atoms with Crippen molar-refractivity contribution in [1.29, 1.82) is 0 Å². The standard InChI is InChI=1S/C21H27N3O4/c1-21(2,3)28-20(26)22-13-15-7-9-16(10-8-15)18-23-17(14-27-18)19(25)24-11-5-4-6-12-24/h7-10,14H,4-6,11-13H2,1-3H3,(H,22,26). The molecule has 0 radical (unpaired) electrons. The lowest BCUT2D eigenvalue weighted by molar-refractivity contribution is 0.0523. The number of rotatable bonds is 4. The van der Waals surface area contributed by atoms with E-state index in [-0.39, 0.29) is 5.91 Å². The van der Waals surface area contributed by atoms with E-state index in [4.69, 9.17) is 9.15 Å². The molecule has 3 rings (SSSR count). The summed E-state index contributed by atoms with van der Waals surface area (Å²) >= 11 is 0. The second-order valence-electron chi connectivity index (χ2n) is 7.94. The third-order valence-corrected chi connectivity index (χ3v) is 4.40. The molecule has 150 valence electrons. The maximum Gasteiger partial charge on any atom is 0.407 e. The summed E-state index contributed by atoms with van der Waals surface area (Å²) in [5.74, 6) is 0.333. The van der Waals surface area contributed by atoms with E-state index in [1.165, 1.54) is 12.7 Å². The zero-order chi connectivity index (χ0) is 20.1. The molecule has 1 N–H and O–H groups in total. The molecule has 2 aromatic rings. The number of nitrogens with one attached hydrogen (secondary N) is 1. The quantitative estimate of drug-likeness (QED) is 0.860. The number of carbonyl (C=O) groups excluding carboxylic acids is 2. The number of amides is 2. The molecule has 1 aliphatic heterocycles.